The molecule has 0 fully saturated rings. The third-order valence-electron chi connectivity index (χ3n) is 3.86. The van der Waals surface area contributed by atoms with Crippen LogP contribution in [0.25, 0.3) is 0 Å². The maximum Gasteiger partial charge on any atom is 0.414 e. The van der Waals surface area contributed by atoms with E-state index in [9.17, 15) is 0 Å². The Labute approximate surface area is 168 Å². The van der Waals surface area contributed by atoms with Gasteiger partial charge in [-0.1, -0.05) is 30.3 Å². The molecule has 1 aliphatic rings. The summed E-state index contributed by atoms with van der Waals surface area (Å²) in [5, 5.41) is 15.2. The number of carboxylic acid groups (broad SMARTS) is 2. The Hall–Kier alpha value is -2.55. The smallest absolute Gasteiger partial charge is 0.414 e. The fourth-order valence-electron chi connectivity index (χ4n) is 2.61. The molecule has 0 spiro atoms. The van der Waals surface area contributed by atoms with Crippen LogP contribution < -0.4 is 4.74 Å². The SMILES string of the molecule is CN(C)CCCC1Sc2ccccc2Oc2ccccc21.O.O=C(O)C(=O)O. The van der Waals surface area contributed by atoms with Gasteiger partial charge in [0.25, 0.3) is 0 Å². The second kappa shape index (κ2) is 11.3. The van der Waals surface area contributed by atoms with Crippen molar-refractivity contribution in [1.29, 1.82) is 0 Å². The minimum atomic E-state index is -1.82. The summed E-state index contributed by atoms with van der Waals surface area (Å²) in [6, 6.07) is 16.8. The van der Waals surface area contributed by atoms with Crippen LogP contribution in [0.2, 0.25) is 0 Å². The van der Waals surface area contributed by atoms with Gasteiger partial charge in [-0.25, -0.2) is 9.59 Å². The van der Waals surface area contributed by atoms with Crippen LogP contribution in [0.4, 0.5) is 0 Å². The van der Waals surface area contributed by atoms with Gasteiger partial charge in [0, 0.05) is 10.8 Å². The highest BCUT2D eigenvalue weighted by molar-refractivity contribution is 7.99. The molecule has 4 N–H and O–H groups in total. The normalized spacial score (nSPS) is 14.2. The van der Waals surface area contributed by atoms with E-state index in [0.717, 1.165) is 24.5 Å². The second-order valence-electron chi connectivity index (χ2n) is 6.25. The second-order valence-corrected chi connectivity index (χ2v) is 7.49. The molecule has 0 aliphatic carbocycles. The molecule has 28 heavy (non-hydrogen) atoms. The maximum atomic E-state index is 9.10. The van der Waals surface area contributed by atoms with E-state index in [1.54, 1.807) is 0 Å². The van der Waals surface area contributed by atoms with Crippen LogP contribution in [0, 0.1) is 0 Å². The lowest BCUT2D eigenvalue weighted by Gasteiger charge is -2.17. The van der Waals surface area contributed by atoms with E-state index in [2.05, 4.69) is 55.4 Å². The standard InChI is InChI=1S/C18H21NOS.C2H2O4.H2O/c1-19(2)13-7-12-17-14-8-3-4-9-15(14)20-16-10-5-6-11-18(16)21-17;3-1(4)2(5)6;/h3-6,8-11,17H,7,12-13H2,1-2H3;(H,3,4)(H,5,6);1H2. The minimum Gasteiger partial charge on any atom is -0.473 e. The number of ether oxygens (including phenoxy) is 1. The first kappa shape index (κ1) is 23.5. The number of fused-ring (bicyclic) bond motifs is 2. The predicted octanol–water partition coefficient (Wildman–Crippen LogP) is 3.30. The molecular formula is C20H25NO6S. The molecule has 1 heterocycles. The summed E-state index contributed by atoms with van der Waals surface area (Å²) >= 11 is 1.93. The first-order valence-corrected chi connectivity index (χ1v) is 9.40. The zero-order valence-electron chi connectivity index (χ0n) is 15.8. The summed E-state index contributed by atoms with van der Waals surface area (Å²) in [5.74, 6) is -1.67. The summed E-state index contributed by atoms with van der Waals surface area (Å²) in [6.07, 6.45) is 2.36. The van der Waals surface area contributed by atoms with Gasteiger partial charge in [-0.3, -0.25) is 0 Å². The number of nitrogens with zero attached hydrogens (tertiary/aromatic N) is 1. The van der Waals surface area contributed by atoms with Gasteiger partial charge in [0.1, 0.15) is 11.5 Å². The largest absolute Gasteiger partial charge is 0.473 e. The molecule has 152 valence electrons. The summed E-state index contributed by atoms with van der Waals surface area (Å²) in [4.78, 5) is 21.7. The zero-order valence-corrected chi connectivity index (χ0v) is 16.6. The summed E-state index contributed by atoms with van der Waals surface area (Å²) in [7, 11) is 4.26. The average molecular weight is 407 g/mol. The summed E-state index contributed by atoms with van der Waals surface area (Å²) in [6.45, 7) is 1.13. The van der Waals surface area contributed by atoms with E-state index in [1.165, 1.54) is 16.9 Å². The zero-order chi connectivity index (χ0) is 19.8. The third-order valence-corrected chi connectivity index (χ3v) is 5.22. The molecule has 8 heteroatoms. The number of carboxylic acids is 2. The van der Waals surface area contributed by atoms with Crippen molar-refractivity contribution in [3.8, 4) is 11.5 Å². The van der Waals surface area contributed by atoms with Gasteiger partial charge in [-0.05, 0) is 51.7 Å². The highest BCUT2D eigenvalue weighted by Gasteiger charge is 2.23. The van der Waals surface area contributed by atoms with Crippen molar-refractivity contribution in [3.05, 3.63) is 54.1 Å². The van der Waals surface area contributed by atoms with Crippen molar-refractivity contribution in [2.45, 2.75) is 23.0 Å². The van der Waals surface area contributed by atoms with Crippen LogP contribution in [0.15, 0.2) is 53.4 Å². The van der Waals surface area contributed by atoms with Crippen molar-refractivity contribution < 1.29 is 30.0 Å². The summed E-state index contributed by atoms with van der Waals surface area (Å²) in [5.41, 5.74) is 1.32. The number of thioether (sulfide) groups is 1. The number of carbonyl (C=O) groups is 2. The average Bonchev–Trinajstić information content (AvgIpc) is 2.78. The Morgan fingerprint density at radius 1 is 1.00 bits per heavy atom. The van der Waals surface area contributed by atoms with Gasteiger partial charge in [0.15, 0.2) is 0 Å². The fraction of sp³-hybridized carbons (Fsp3) is 0.300. The number of rotatable bonds is 4. The van der Waals surface area contributed by atoms with Crippen molar-refractivity contribution in [1.82, 2.24) is 4.90 Å². The van der Waals surface area contributed by atoms with Crippen molar-refractivity contribution in [2.24, 2.45) is 0 Å². The molecule has 0 bridgehead atoms. The van der Waals surface area contributed by atoms with Gasteiger partial charge in [-0.2, -0.15) is 0 Å². The minimum absolute atomic E-state index is 0. The Morgan fingerprint density at radius 2 is 1.57 bits per heavy atom. The lowest BCUT2D eigenvalue weighted by atomic mass is 10.1. The van der Waals surface area contributed by atoms with Crippen LogP contribution in [-0.2, 0) is 9.59 Å². The molecule has 1 aliphatic heterocycles. The van der Waals surface area contributed by atoms with E-state index in [-0.39, 0.29) is 5.48 Å². The quantitative estimate of drug-likeness (QED) is 0.746. The molecule has 0 saturated carbocycles. The van der Waals surface area contributed by atoms with Crippen LogP contribution in [0.1, 0.15) is 23.7 Å². The highest BCUT2D eigenvalue weighted by Crippen LogP contribution is 2.49. The Morgan fingerprint density at radius 3 is 2.18 bits per heavy atom. The van der Waals surface area contributed by atoms with E-state index in [1.807, 2.05) is 23.9 Å². The van der Waals surface area contributed by atoms with Crippen molar-refractivity contribution >= 4 is 23.7 Å². The number of benzene rings is 2. The Kier molecular flexibility index (Phi) is 9.50. The van der Waals surface area contributed by atoms with Crippen LogP contribution in [0.3, 0.4) is 0 Å². The van der Waals surface area contributed by atoms with Gasteiger partial charge in [0.2, 0.25) is 0 Å². The van der Waals surface area contributed by atoms with E-state index < -0.39 is 11.9 Å². The lowest BCUT2D eigenvalue weighted by Crippen LogP contribution is -2.13. The van der Waals surface area contributed by atoms with Gasteiger partial charge in [0.05, 0.1) is 4.90 Å². The van der Waals surface area contributed by atoms with Crippen LogP contribution in [0.5, 0.6) is 11.5 Å². The van der Waals surface area contributed by atoms with E-state index in [4.69, 9.17) is 24.5 Å². The molecule has 7 nitrogen and oxygen atoms in total. The summed E-state index contributed by atoms with van der Waals surface area (Å²) < 4.78 is 6.13. The first-order chi connectivity index (χ1) is 12.9. The molecular weight excluding hydrogens is 382 g/mol. The number of para-hydroxylation sites is 2. The van der Waals surface area contributed by atoms with Crippen LogP contribution >= 0.6 is 11.8 Å². The molecule has 3 rings (SSSR count). The Bertz CT molecular complexity index is 784. The van der Waals surface area contributed by atoms with Crippen molar-refractivity contribution in [3.63, 3.8) is 0 Å². The molecule has 1 atom stereocenters. The highest BCUT2D eigenvalue weighted by atomic mass is 32.2. The molecule has 0 amide bonds. The number of aliphatic carboxylic acids is 2. The monoisotopic (exact) mass is 407 g/mol. The van der Waals surface area contributed by atoms with Crippen molar-refractivity contribution in [2.75, 3.05) is 20.6 Å². The van der Waals surface area contributed by atoms with Gasteiger partial charge in [-0.15, -0.1) is 11.8 Å². The molecule has 0 saturated heterocycles. The topological polar surface area (TPSA) is 119 Å². The lowest BCUT2D eigenvalue weighted by molar-refractivity contribution is -0.159. The van der Waals surface area contributed by atoms with Gasteiger partial charge >= 0.3 is 11.9 Å². The predicted molar refractivity (Wildman–Crippen MR) is 108 cm³/mol. The number of hydrogen-bond acceptors (Lipinski definition) is 5. The molecule has 2 aromatic rings. The van der Waals surface area contributed by atoms with Crippen LogP contribution in [-0.4, -0.2) is 53.2 Å². The van der Waals surface area contributed by atoms with Gasteiger partial charge < -0.3 is 25.3 Å². The first-order valence-electron chi connectivity index (χ1n) is 8.52. The molecule has 2 aromatic carbocycles. The third kappa shape index (κ3) is 6.88. The fourth-order valence-corrected chi connectivity index (χ4v) is 3.91. The maximum absolute atomic E-state index is 9.10. The molecule has 0 radical (unpaired) electrons. The molecule has 1 unspecified atom stereocenters. The molecule has 0 aromatic heterocycles. The Balaban J connectivity index is 0.000000492. The van der Waals surface area contributed by atoms with E-state index in [0.29, 0.717) is 5.25 Å². The van der Waals surface area contributed by atoms with E-state index >= 15 is 0 Å². The number of hydrogen-bond donors (Lipinski definition) is 2.